The maximum absolute atomic E-state index is 10.8. The lowest BCUT2D eigenvalue weighted by molar-refractivity contribution is -0.0396. The van der Waals surface area contributed by atoms with Crippen LogP contribution < -0.4 is 0 Å². The van der Waals surface area contributed by atoms with Crippen LogP contribution in [0.2, 0.25) is 0 Å². The lowest BCUT2D eigenvalue weighted by Crippen LogP contribution is -2.47. The van der Waals surface area contributed by atoms with Crippen LogP contribution in [-0.4, -0.2) is 11.2 Å². The number of hydrogen-bond acceptors (Lipinski definition) is 1. The van der Waals surface area contributed by atoms with Crippen molar-refractivity contribution < 1.29 is 5.11 Å². The SMILES string of the molecule is CCCCCCCCCCC1Cc2ccccc2C2CCC3(C)C(O)CCC3C12. The summed E-state index contributed by atoms with van der Waals surface area (Å²) in [5, 5.41) is 10.8. The number of rotatable bonds is 9. The number of fused-ring (bicyclic) bond motifs is 5. The van der Waals surface area contributed by atoms with Gasteiger partial charge in [0.2, 0.25) is 0 Å². The van der Waals surface area contributed by atoms with E-state index in [1.165, 1.54) is 83.5 Å². The highest BCUT2D eigenvalue weighted by Gasteiger charge is 2.56. The minimum atomic E-state index is -0.0607. The molecule has 3 aliphatic rings. The summed E-state index contributed by atoms with van der Waals surface area (Å²) in [6.45, 7) is 4.72. The molecule has 0 amide bonds. The van der Waals surface area contributed by atoms with Crippen molar-refractivity contribution in [2.45, 2.75) is 116 Å². The van der Waals surface area contributed by atoms with Crippen molar-refractivity contribution >= 4 is 0 Å². The van der Waals surface area contributed by atoms with Gasteiger partial charge < -0.3 is 5.11 Å². The van der Waals surface area contributed by atoms with Crippen molar-refractivity contribution in [1.82, 2.24) is 0 Å². The summed E-state index contributed by atoms with van der Waals surface area (Å²) in [5.74, 6) is 3.14. The Hall–Kier alpha value is -0.820. The summed E-state index contributed by atoms with van der Waals surface area (Å²) in [7, 11) is 0. The molecule has 2 saturated carbocycles. The van der Waals surface area contributed by atoms with Crippen LogP contribution in [0.25, 0.3) is 0 Å². The third-order valence-corrected chi connectivity index (χ3v) is 9.19. The second-order valence-corrected chi connectivity index (χ2v) is 10.9. The van der Waals surface area contributed by atoms with Crippen molar-refractivity contribution in [3.05, 3.63) is 35.4 Å². The molecule has 0 aromatic heterocycles. The van der Waals surface area contributed by atoms with Crippen molar-refractivity contribution in [2.24, 2.45) is 23.2 Å². The van der Waals surface area contributed by atoms with Crippen molar-refractivity contribution in [2.75, 3.05) is 0 Å². The Kier molecular flexibility index (Phi) is 7.05. The molecule has 0 spiro atoms. The first-order valence-corrected chi connectivity index (χ1v) is 12.9. The van der Waals surface area contributed by atoms with E-state index in [1.807, 2.05) is 0 Å². The molecule has 0 saturated heterocycles. The van der Waals surface area contributed by atoms with Crippen LogP contribution in [0.1, 0.15) is 114 Å². The quantitative estimate of drug-likeness (QED) is 0.425. The summed E-state index contributed by atoms with van der Waals surface area (Å²) >= 11 is 0. The molecule has 3 aliphatic carbocycles. The van der Waals surface area contributed by atoms with Crippen LogP contribution >= 0.6 is 0 Å². The molecule has 1 aromatic carbocycles. The summed E-state index contributed by atoms with van der Waals surface area (Å²) in [5.41, 5.74) is 3.49. The Bertz CT molecular complexity index is 651. The van der Waals surface area contributed by atoms with Gasteiger partial charge in [-0.3, -0.25) is 0 Å². The van der Waals surface area contributed by atoms with Gasteiger partial charge in [0.25, 0.3) is 0 Å². The average molecular weight is 397 g/mol. The molecule has 1 aromatic rings. The molecular weight excluding hydrogens is 352 g/mol. The number of aliphatic hydroxyl groups is 1. The Morgan fingerprint density at radius 1 is 0.931 bits per heavy atom. The molecule has 0 bridgehead atoms. The van der Waals surface area contributed by atoms with Crippen LogP contribution in [0.3, 0.4) is 0 Å². The van der Waals surface area contributed by atoms with Gasteiger partial charge in [-0.25, -0.2) is 0 Å². The van der Waals surface area contributed by atoms with E-state index >= 15 is 0 Å². The maximum Gasteiger partial charge on any atom is 0.0596 e. The highest BCUT2D eigenvalue weighted by atomic mass is 16.3. The molecule has 162 valence electrons. The number of benzene rings is 1. The smallest absolute Gasteiger partial charge is 0.0596 e. The second kappa shape index (κ2) is 9.54. The van der Waals surface area contributed by atoms with Gasteiger partial charge >= 0.3 is 0 Å². The normalized spacial score (nSPS) is 35.8. The zero-order valence-corrected chi connectivity index (χ0v) is 19.0. The first-order valence-electron chi connectivity index (χ1n) is 12.9. The molecular formula is C28H44O. The fraction of sp³-hybridized carbons (Fsp3) is 0.786. The van der Waals surface area contributed by atoms with Crippen LogP contribution in [0.15, 0.2) is 24.3 Å². The first kappa shape index (κ1) is 21.4. The van der Waals surface area contributed by atoms with E-state index in [4.69, 9.17) is 0 Å². The zero-order chi connectivity index (χ0) is 20.3. The van der Waals surface area contributed by atoms with E-state index in [0.29, 0.717) is 0 Å². The maximum atomic E-state index is 10.8. The average Bonchev–Trinajstić information content (AvgIpc) is 3.04. The Balaban J connectivity index is 1.41. The largest absolute Gasteiger partial charge is 0.393 e. The zero-order valence-electron chi connectivity index (χ0n) is 19.0. The molecule has 2 fully saturated rings. The van der Waals surface area contributed by atoms with Crippen LogP contribution in [0.4, 0.5) is 0 Å². The van der Waals surface area contributed by atoms with Gasteiger partial charge in [0.15, 0.2) is 0 Å². The van der Waals surface area contributed by atoms with E-state index in [2.05, 4.69) is 38.1 Å². The molecule has 1 heteroatoms. The van der Waals surface area contributed by atoms with Gasteiger partial charge in [-0.2, -0.15) is 0 Å². The van der Waals surface area contributed by atoms with Crippen molar-refractivity contribution in [3.63, 3.8) is 0 Å². The molecule has 0 aliphatic heterocycles. The summed E-state index contributed by atoms with van der Waals surface area (Å²) < 4.78 is 0. The molecule has 29 heavy (non-hydrogen) atoms. The minimum Gasteiger partial charge on any atom is -0.393 e. The summed E-state index contributed by atoms with van der Waals surface area (Å²) in [6, 6.07) is 9.34. The molecule has 4 rings (SSSR count). The van der Waals surface area contributed by atoms with Crippen LogP contribution in [0, 0.1) is 23.2 Å². The molecule has 0 heterocycles. The lowest BCUT2D eigenvalue weighted by atomic mass is 9.52. The first-order chi connectivity index (χ1) is 14.1. The van der Waals surface area contributed by atoms with Crippen LogP contribution in [0.5, 0.6) is 0 Å². The van der Waals surface area contributed by atoms with Gasteiger partial charge in [-0.1, -0.05) is 89.5 Å². The number of unbranched alkanes of at least 4 members (excludes halogenated alkanes) is 7. The van der Waals surface area contributed by atoms with E-state index in [0.717, 1.165) is 30.1 Å². The molecule has 6 unspecified atom stereocenters. The Morgan fingerprint density at radius 3 is 2.45 bits per heavy atom. The molecule has 6 atom stereocenters. The van der Waals surface area contributed by atoms with Crippen LogP contribution in [-0.2, 0) is 6.42 Å². The fourth-order valence-electron chi connectivity index (χ4n) is 7.52. The highest BCUT2D eigenvalue weighted by molar-refractivity contribution is 5.35. The van der Waals surface area contributed by atoms with E-state index in [1.54, 1.807) is 11.1 Å². The van der Waals surface area contributed by atoms with E-state index in [9.17, 15) is 5.11 Å². The third-order valence-electron chi connectivity index (χ3n) is 9.19. The molecule has 0 radical (unpaired) electrons. The predicted molar refractivity (Wildman–Crippen MR) is 123 cm³/mol. The minimum absolute atomic E-state index is 0.0607. The van der Waals surface area contributed by atoms with Crippen molar-refractivity contribution in [3.8, 4) is 0 Å². The lowest BCUT2D eigenvalue weighted by Gasteiger charge is -2.53. The van der Waals surface area contributed by atoms with Gasteiger partial charge in [-0.15, -0.1) is 0 Å². The summed E-state index contributed by atoms with van der Waals surface area (Å²) in [6.07, 6.45) is 18.8. The highest BCUT2D eigenvalue weighted by Crippen LogP contribution is 2.62. The van der Waals surface area contributed by atoms with E-state index < -0.39 is 0 Å². The monoisotopic (exact) mass is 396 g/mol. The van der Waals surface area contributed by atoms with Gasteiger partial charge in [0, 0.05) is 0 Å². The molecule has 1 nitrogen and oxygen atoms in total. The summed E-state index contributed by atoms with van der Waals surface area (Å²) in [4.78, 5) is 0. The third kappa shape index (κ3) is 4.32. The second-order valence-electron chi connectivity index (χ2n) is 10.9. The van der Waals surface area contributed by atoms with Crippen molar-refractivity contribution in [1.29, 1.82) is 0 Å². The number of hydrogen-bond donors (Lipinski definition) is 1. The number of aliphatic hydroxyl groups excluding tert-OH is 1. The fourth-order valence-corrected chi connectivity index (χ4v) is 7.52. The topological polar surface area (TPSA) is 20.2 Å². The van der Waals surface area contributed by atoms with E-state index in [-0.39, 0.29) is 11.5 Å². The predicted octanol–water partition coefficient (Wildman–Crippen LogP) is 7.66. The standard InChI is InChI=1S/C28H44O/c1-3-4-5-6-7-8-9-10-14-22-20-21-13-11-12-15-23(21)24-18-19-28(2)25(27(22)24)16-17-26(28)29/h11-13,15,22,24-27,29H,3-10,14,16-20H2,1-2H3. The Labute approximate surface area is 179 Å². The van der Waals surface area contributed by atoms with Gasteiger partial charge in [0.05, 0.1) is 6.10 Å². The Morgan fingerprint density at radius 2 is 1.66 bits per heavy atom. The van der Waals surface area contributed by atoms with Gasteiger partial charge in [0.1, 0.15) is 0 Å². The molecule has 1 N–H and O–H groups in total. The van der Waals surface area contributed by atoms with Gasteiger partial charge in [-0.05, 0) is 78.7 Å².